The van der Waals surface area contributed by atoms with Gasteiger partial charge in [0.05, 0.1) is 17.9 Å². The molecule has 1 aliphatic carbocycles. The highest BCUT2D eigenvalue weighted by atomic mass is 19.1. The van der Waals surface area contributed by atoms with Crippen molar-refractivity contribution >= 4 is 5.69 Å². The summed E-state index contributed by atoms with van der Waals surface area (Å²) in [5.74, 6) is -0.145. The Morgan fingerprint density at radius 2 is 2.39 bits per heavy atom. The number of halogens is 1. The van der Waals surface area contributed by atoms with Gasteiger partial charge in [0.15, 0.2) is 0 Å². The number of nitrogens with one attached hydrogen (secondary N) is 1. The predicted octanol–water partition coefficient (Wildman–Crippen LogP) is 3.14. The Hall–Kier alpha value is -1.84. The molecule has 1 aliphatic rings. The van der Waals surface area contributed by atoms with Crippen molar-refractivity contribution in [2.45, 2.75) is 32.4 Å². The average molecular weight is 245 g/mol. The lowest BCUT2D eigenvalue weighted by Gasteiger charge is -2.13. The van der Waals surface area contributed by atoms with Crippen LogP contribution in [0.1, 0.15) is 30.5 Å². The number of aromatic nitrogens is 2. The Balaban J connectivity index is 1.80. The maximum Gasteiger partial charge on any atom is 0.123 e. The predicted molar refractivity (Wildman–Crippen MR) is 69.0 cm³/mol. The standard InChI is InChI=1S/C14H16FN3/c1-2-18-9-12(8-16-18)17-14-6-3-10-7-11(15)4-5-13(10)14/h4-5,7-9,14,17H,2-3,6H2,1H3. The van der Waals surface area contributed by atoms with Crippen molar-refractivity contribution in [3.05, 3.63) is 47.5 Å². The molecule has 3 nitrogen and oxygen atoms in total. The van der Waals surface area contributed by atoms with Crippen LogP contribution in [0.5, 0.6) is 0 Å². The highest BCUT2D eigenvalue weighted by Gasteiger charge is 2.22. The third-order valence-corrected chi connectivity index (χ3v) is 3.48. The summed E-state index contributed by atoms with van der Waals surface area (Å²) < 4.78 is 15.0. The topological polar surface area (TPSA) is 29.9 Å². The number of nitrogens with zero attached hydrogens (tertiary/aromatic N) is 2. The summed E-state index contributed by atoms with van der Waals surface area (Å²) >= 11 is 0. The zero-order valence-corrected chi connectivity index (χ0v) is 10.4. The summed E-state index contributed by atoms with van der Waals surface area (Å²) in [4.78, 5) is 0. The molecule has 94 valence electrons. The number of rotatable bonds is 3. The number of fused-ring (bicyclic) bond motifs is 1. The highest BCUT2D eigenvalue weighted by Crippen LogP contribution is 2.34. The van der Waals surface area contributed by atoms with Gasteiger partial charge in [-0.15, -0.1) is 0 Å². The fourth-order valence-electron chi connectivity index (χ4n) is 2.55. The summed E-state index contributed by atoms with van der Waals surface area (Å²) in [6.07, 6.45) is 5.79. The van der Waals surface area contributed by atoms with E-state index in [1.165, 1.54) is 11.6 Å². The minimum Gasteiger partial charge on any atom is -0.376 e. The number of hydrogen-bond acceptors (Lipinski definition) is 2. The van der Waals surface area contributed by atoms with E-state index in [2.05, 4.69) is 17.3 Å². The molecule has 0 spiro atoms. The SMILES string of the molecule is CCn1cc(NC2CCc3cc(F)ccc32)cn1. The first-order chi connectivity index (χ1) is 8.76. The fraction of sp³-hybridized carbons (Fsp3) is 0.357. The van der Waals surface area contributed by atoms with Crippen molar-refractivity contribution in [3.63, 3.8) is 0 Å². The maximum absolute atomic E-state index is 13.1. The highest BCUT2D eigenvalue weighted by molar-refractivity contribution is 5.45. The molecule has 0 bridgehead atoms. The second-order valence-electron chi connectivity index (χ2n) is 4.66. The fourth-order valence-corrected chi connectivity index (χ4v) is 2.55. The number of hydrogen-bond donors (Lipinski definition) is 1. The third-order valence-electron chi connectivity index (χ3n) is 3.48. The quantitative estimate of drug-likeness (QED) is 0.900. The molecule has 0 fully saturated rings. The molecule has 18 heavy (non-hydrogen) atoms. The zero-order chi connectivity index (χ0) is 12.5. The van der Waals surface area contributed by atoms with Crippen molar-refractivity contribution in [1.29, 1.82) is 0 Å². The lowest BCUT2D eigenvalue weighted by Crippen LogP contribution is -2.06. The van der Waals surface area contributed by atoms with Crippen LogP contribution >= 0.6 is 0 Å². The van der Waals surface area contributed by atoms with Gasteiger partial charge in [0, 0.05) is 12.7 Å². The molecule has 0 aliphatic heterocycles. The Labute approximate surface area is 106 Å². The van der Waals surface area contributed by atoms with Gasteiger partial charge in [-0.1, -0.05) is 6.07 Å². The lowest BCUT2D eigenvalue weighted by molar-refractivity contribution is 0.626. The minimum absolute atomic E-state index is 0.145. The van der Waals surface area contributed by atoms with E-state index in [1.54, 1.807) is 6.07 Å². The monoisotopic (exact) mass is 245 g/mol. The molecule has 1 N–H and O–H groups in total. The van der Waals surface area contributed by atoms with E-state index in [0.29, 0.717) is 0 Å². The molecule has 0 amide bonds. The first-order valence-corrected chi connectivity index (χ1v) is 6.33. The maximum atomic E-state index is 13.1. The van der Waals surface area contributed by atoms with Gasteiger partial charge >= 0.3 is 0 Å². The number of benzene rings is 1. The lowest BCUT2D eigenvalue weighted by atomic mass is 10.1. The molecule has 1 aromatic heterocycles. The van der Waals surface area contributed by atoms with E-state index >= 15 is 0 Å². The van der Waals surface area contributed by atoms with Crippen LogP contribution in [0, 0.1) is 5.82 Å². The molecule has 2 aromatic rings. The molecule has 1 atom stereocenters. The molecule has 4 heteroatoms. The van der Waals surface area contributed by atoms with Crippen LogP contribution < -0.4 is 5.32 Å². The van der Waals surface area contributed by atoms with Crippen LogP contribution in [0.15, 0.2) is 30.6 Å². The van der Waals surface area contributed by atoms with Gasteiger partial charge in [-0.25, -0.2) is 4.39 Å². The Bertz CT molecular complexity index is 562. The van der Waals surface area contributed by atoms with Crippen molar-refractivity contribution < 1.29 is 4.39 Å². The van der Waals surface area contributed by atoms with E-state index in [4.69, 9.17) is 0 Å². The minimum atomic E-state index is -0.145. The average Bonchev–Trinajstić information content (AvgIpc) is 2.97. The van der Waals surface area contributed by atoms with Gasteiger partial charge in [0.2, 0.25) is 0 Å². The summed E-state index contributed by atoms with van der Waals surface area (Å²) in [5, 5.41) is 7.71. The Kier molecular flexibility index (Phi) is 2.78. The van der Waals surface area contributed by atoms with Crippen LogP contribution in [0.4, 0.5) is 10.1 Å². The van der Waals surface area contributed by atoms with E-state index in [9.17, 15) is 4.39 Å². The second kappa shape index (κ2) is 4.44. The van der Waals surface area contributed by atoms with E-state index in [-0.39, 0.29) is 11.9 Å². The van der Waals surface area contributed by atoms with E-state index < -0.39 is 0 Å². The number of anilines is 1. The van der Waals surface area contributed by atoms with Crippen molar-refractivity contribution in [3.8, 4) is 0 Å². The zero-order valence-electron chi connectivity index (χ0n) is 10.4. The van der Waals surface area contributed by atoms with Gasteiger partial charge in [-0.05, 0) is 43.0 Å². The first kappa shape index (κ1) is 11.3. The van der Waals surface area contributed by atoms with Crippen LogP contribution in [-0.4, -0.2) is 9.78 Å². The molecule has 0 saturated carbocycles. The van der Waals surface area contributed by atoms with Gasteiger partial charge in [0.25, 0.3) is 0 Å². The van der Waals surface area contributed by atoms with Crippen molar-refractivity contribution in [1.82, 2.24) is 9.78 Å². The molecule has 1 heterocycles. The number of aryl methyl sites for hydroxylation is 2. The Morgan fingerprint density at radius 3 is 3.17 bits per heavy atom. The van der Waals surface area contributed by atoms with Crippen molar-refractivity contribution in [2.24, 2.45) is 0 Å². The largest absolute Gasteiger partial charge is 0.376 e. The Morgan fingerprint density at radius 1 is 1.50 bits per heavy atom. The smallest absolute Gasteiger partial charge is 0.123 e. The molecule has 3 rings (SSSR count). The third kappa shape index (κ3) is 1.98. The van der Waals surface area contributed by atoms with Gasteiger partial charge in [0.1, 0.15) is 5.82 Å². The second-order valence-corrected chi connectivity index (χ2v) is 4.66. The summed E-state index contributed by atoms with van der Waals surface area (Å²) in [6, 6.07) is 5.34. The van der Waals surface area contributed by atoms with Crippen LogP contribution in [0.3, 0.4) is 0 Å². The van der Waals surface area contributed by atoms with Crippen LogP contribution in [-0.2, 0) is 13.0 Å². The van der Waals surface area contributed by atoms with Crippen molar-refractivity contribution in [2.75, 3.05) is 5.32 Å². The molecular formula is C14H16FN3. The van der Waals surface area contributed by atoms with E-state index in [1.807, 2.05) is 23.1 Å². The van der Waals surface area contributed by atoms with Gasteiger partial charge in [-0.2, -0.15) is 5.10 Å². The van der Waals surface area contributed by atoms with Crippen LogP contribution in [0.2, 0.25) is 0 Å². The first-order valence-electron chi connectivity index (χ1n) is 6.33. The van der Waals surface area contributed by atoms with E-state index in [0.717, 1.165) is 30.6 Å². The van der Waals surface area contributed by atoms with Gasteiger partial charge in [-0.3, -0.25) is 4.68 Å². The van der Waals surface area contributed by atoms with Crippen LogP contribution in [0.25, 0.3) is 0 Å². The molecular weight excluding hydrogens is 229 g/mol. The molecule has 0 saturated heterocycles. The van der Waals surface area contributed by atoms with Gasteiger partial charge < -0.3 is 5.32 Å². The summed E-state index contributed by atoms with van der Waals surface area (Å²) in [7, 11) is 0. The normalized spacial score (nSPS) is 17.8. The summed E-state index contributed by atoms with van der Waals surface area (Å²) in [5.41, 5.74) is 3.36. The molecule has 1 aromatic carbocycles. The molecule has 0 radical (unpaired) electrons. The molecule has 1 unspecified atom stereocenters. The summed E-state index contributed by atoms with van der Waals surface area (Å²) in [6.45, 7) is 2.93.